The Morgan fingerprint density at radius 2 is 1.64 bits per heavy atom. The molecule has 0 spiro atoms. The SMILES string of the molecule is N#Cc1ccc(N(C(N)=S)S(=O)(=O)c2ccccc2)cc1.[NaH]. The molecule has 0 amide bonds. The summed E-state index contributed by atoms with van der Waals surface area (Å²) in [6, 6.07) is 15.8. The van der Waals surface area contributed by atoms with Crippen molar-refractivity contribution in [3.8, 4) is 6.07 Å². The first-order valence-electron chi connectivity index (χ1n) is 5.87. The normalized spacial score (nSPS) is 10.1. The van der Waals surface area contributed by atoms with E-state index in [0.717, 1.165) is 4.31 Å². The fraction of sp³-hybridized carbons (Fsp3) is 0. The van der Waals surface area contributed by atoms with Crippen LogP contribution in [0.2, 0.25) is 0 Å². The molecule has 0 fully saturated rings. The molecule has 2 aromatic carbocycles. The Bertz CT molecular complexity index is 800. The van der Waals surface area contributed by atoms with Crippen LogP contribution in [-0.2, 0) is 10.0 Å². The third kappa shape index (κ3) is 3.85. The van der Waals surface area contributed by atoms with Gasteiger partial charge >= 0.3 is 29.6 Å². The van der Waals surface area contributed by atoms with Crippen molar-refractivity contribution in [2.24, 2.45) is 5.73 Å². The van der Waals surface area contributed by atoms with Crippen molar-refractivity contribution in [3.05, 3.63) is 60.2 Å². The molecule has 0 bridgehead atoms. The molecule has 0 heterocycles. The van der Waals surface area contributed by atoms with Crippen LogP contribution in [0.4, 0.5) is 5.69 Å². The maximum atomic E-state index is 12.6. The van der Waals surface area contributed by atoms with E-state index in [1.54, 1.807) is 18.2 Å². The fourth-order valence-corrected chi connectivity index (χ4v) is 3.50. The first-order valence-corrected chi connectivity index (χ1v) is 7.71. The van der Waals surface area contributed by atoms with Crippen molar-refractivity contribution in [2.45, 2.75) is 4.90 Å². The number of rotatable bonds is 3. The van der Waals surface area contributed by atoms with E-state index in [1.165, 1.54) is 36.4 Å². The quantitative estimate of drug-likeness (QED) is 0.673. The second kappa shape index (κ2) is 7.72. The molecule has 2 rings (SSSR count). The summed E-state index contributed by atoms with van der Waals surface area (Å²) in [6.45, 7) is 0. The van der Waals surface area contributed by atoms with Gasteiger partial charge in [-0.05, 0) is 48.6 Å². The maximum absolute atomic E-state index is 12.6. The number of benzene rings is 2. The summed E-state index contributed by atoms with van der Waals surface area (Å²) in [4.78, 5) is 0.0853. The molecule has 0 saturated heterocycles. The fourth-order valence-electron chi connectivity index (χ4n) is 1.75. The molecule has 22 heavy (non-hydrogen) atoms. The van der Waals surface area contributed by atoms with Crippen LogP contribution in [0.5, 0.6) is 0 Å². The molecule has 0 unspecified atom stereocenters. The van der Waals surface area contributed by atoms with Crippen molar-refractivity contribution in [2.75, 3.05) is 4.31 Å². The van der Waals surface area contributed by atoms with Gasteiger partial charge in [0.1, 0.15) is 0 Å². The summed E-state index contributed by atoms with van der Waals surface area (Å²) in [5.74, 6) is 0. The first kappa shape index (κ1) is 18.6. The van der Waals surface area contributed by atoms with Crippen molar-refractivity contribution < 1.29 is 8.42 Å². The zero-order valence-electron chi connectivity index (χ0n) is 10.8. The standard InChI is InChI=1S/C14H11N3O2S2.Na.H/c15-10-11-6-8-12(9-7-11)17(14(16)20)21(18,19)13-4-2-1-3-5-13;;/h1-9H,(H2,16,20);;. The molecule has 0 aliphatic heterocycles. The molecule has 0 radical (unpaired) electrons. The molecule has 5 nitrogen and oxygen atoms in total. The van der Waals surface area contributed by atoms with Crippen molar-refractivity contribution >= 4 is 62.6 Å². The van der Waals surface area contributed by atoms with Gasteiger partial charge in [-0.2, -0.15) is 5.26 Å². The Morgan fingerprint density at radius 1 is 1.09 bits per heavy atom. The van der Waals surface area contributed by atoms with E-state index < -0.39 is 10.0 Å². The Morgan fingerprint density at radius 3 is 2.09 bits per heavy atom. The predicted octanol–water partition coefficient (Wildman–Crippen LogP) is 1.35. The van der Waals surface area contributed by atoms with Gasteiger partial charge in [-0.15, -0.1) is 0 Å². The molecule has 2 aromatic rings. The van der Waals surface area contributed by atoms with Crippen LogP contribution in [-0.4, -0.2) is 43.1 Å². The first-order chi connectivity index (χ1) is 9.96. The van der Waals surface area contributed by atoms with E-state index in [4.69, 9.17) is 23.2 Å². The number of nitrogens with zero attached hydrogens (tertiary/aromatic N) is 2. The Labute approximate surface area is 156 Å². The molecule has 0 aromatic heterocycles. The van der Waals surface area contributed by atoms with Crippen LogP contribution in [0.15, 0.2) is 59.5 Å². The molecule has 0 aliphatic rings. The van der Waals surface area contributed by atoms with Crippen molar-refractivity contribution in [1.29, 1.82) is 5.26 Å². The van der Waals surface area contributed by atoms with E-state index >= 15 is 0 Å². The van der Waals surface area contributed by atoms with E-state index in [2.05, 4.69) is 0 Å². The number of thiocarbonyl (C=S) groups is 1. The van der Waals surface area contributed by atoms with Gasteiger partial charge in [0.2, 0.25) is 0 Å². The van der Waals surface area contributed by atoms with Gasteiger partial charge in [-0.3, -0.25) is 0 Å². The molecule has 8 heteroatoms. The van der Waals surface area contributed by atoms with Crippen LogP contribution >= 0.6 is 12.2 Å². The van der Waals surface area contributed by atoms with Crippen molar-refractivity contribution in [1.82, 2.24) is 0 Å². The summed E-state index contributed by atoms with van der Waals surface area (Å²) in [5.41, 5.74) is 6.27. The van der Waals surface area contributed by atoms with Crippen LogP contribution < -0.4 is 10.0 Å². The number of sulfonamides is 1. The summed E-state index contributed by atoms with van der Waals surface area (Å²) in [7, 11) is -3.89. The Balaban J connectivity index is 0.00000242. The van der Waals surface area contributed by atoms with E-state index in [-0.39, 0.29) is 45.3 Å². The predicted molar refractivity (Wildman–Crippen MR) is 91.2 cm³/mol. The van der Waals surface area contributed by atoms with Gasteiger partial charge in [0.15, 0.2) is 5.11 Å². The minimum atomic E-state index is -3.89. The molecule has 0 saturated carbocycles. The van der Waals surface area contributed by atoms with Crippen LogP contribution in [0, 0.1) is 11.3 Å². The average molecular weight is 341 g/mol. The third-order valence-electron chi connectivity index (χ3n) is 2.71. The monoisotopic (exact) mass is 341 g/mol. The minimum absolute atomic E-state index is 0. The van der Waals surface area contributed by atoms with Gasteiger partial charge < -0.3 is 5.73 Å². The van der Waals surface area contributed by atoms with E-state index in [0.29, 0.717) is 5.56 Å². The number of nitrogens with two attached hydrogens (primary N) is 1. The molecule has 2 N–H and O–H groups in total. The van der Waals surface area contributed by atoms with Crippen molar-refractivity contribution in [3.63, 3.8) is 0 Å². The van der Waals surface area contributed by atoms with Crippen LogP contribution in [0.3, 0.4) is 0 Å². The average Bonchev–Trinajstić information content (AvgIpc) is 2.48. The summed E-state index contributed by atoms with van der Waals surface area (Å²) in [6.07, 6.45) is 0. The molecule has 0 atom stereocenters. The molecule has 108 valence electrons. The van der Waals surface area contributed by atoms with Gasteiger partial charge in [0.05, 0.1) is 22.2 Å². The second-order valence-electron chi connectivity index (χ2n) is 4.08. The number of hydrogen-bond donors (Lipinski definition) is 1. The van der Waals surface area contributed by atoms with Gasteiger partial charge in [-0.1, -0.05) is 18.2 Å². The topological polar surface area (TPSA) is 87.2 Å². The zero-order chi connectivity index (χ0) is 15.5. The number of nitriles is 1. The van der Waals surface area contributed by atoms with E-state index in [9.17, 15) is 8.42 Å². The van der Waals surface area contributed by atoms with E-state index in [1.807, 2.05) is 6.07 Å². The number of hydrogen-bond acceptors (Lipinski definition) is 4. The second-order valence-corrected chi connectivity index (χ2v) is 6.28. The molecular formula is C14H12N3NaO2S2. The summed E-state index contributed by atoms with van der Waals surface area (Å²) < 4.78 is 26.1. The molecular weight excluding hydrogens is 329 g/mol. The third-order valence-corrected chi connectivity index (χ3v) is 4.77. The number of anilines is 1. The van der Waals surface area contributed by atoms with Gasteiger partial charge in [-0.25, -0.2) is 12.7 Å². The zero-order valence-corrected chi connectivity index (χ0v) is 12.4. The summed E-state index contributed by atoms with van der Waals surface area (Å²) in [5, 5.41) is 8.49. The summed E-state index contributed by atoms with van der Waals surface area (Å²) >= 11 is 4.87. The van der Waals surface area contributed by atoms with Gasteiger partial charge in [0.25, 0.3) is 10.0 Å². The van der Waals surface area contributed by atoms with Gasteiger partial charge in [0, 0.05) is 0 Å². The Kier molecular flexibility index (Phi) is 6.53. The van der Waals surface area contributed by atoms with Crippen LogP contribution in [0.25, 0.3) is 0 Å². The Hall–Kier alpha value is -1.43. The molecule has 0 aliphatic carbocycles. The van der Waals surface area contributed by atoms with Crippen LogP contribution in [0.1, 0.15) is 5.56 Å².